The van der Waals surface area contributed by atoms with Crippen LogP contribution in [0.3, 0.4) is 0 Å². The van der Waals surface area contributed by atoms with Crippen LogP contribution in [0.25, 0.3) is 11.2 Å². The fourth-order valence-corrected chi connectivity index (χ4v) is 2.22. The molecule has 2 N–H and O–H groups in total. The number of aliphatic hydroxyl groups is 1. The number of halogens is 1. The summed E-state index contributed by atoms with van der Waals surface area (Å²) in [6.07, 6.45) is 2.55. The Kier molecular flexibility index (Phi) is 4.68. The summed E-state index contributed by atoms with van der Waals surface area (Å²) in [6.45, 7) is 4.77. The van der Waals surface area contributed by atoms with Crippen LogP contribution in [-0.2, 0) is 6.54 Å². The highest BCUT2D eigenvalue weighted by Gasteiger charge is 2.08. The molecule has 0 saturated carbocycles. The van der Waals surface area contributed by atoms with Crippen molar-refractivity contribution in [3.05, 3.63) is 22.6 Å². The minimum Gasteiger partial charge on any atom is -0.396 e. The second-order valence-electron chi connectivity index (χ2n) is 4.13. The Labute approximate surface area is 114 Å². The highest BCUT2D eigenvalue weighted by atomic mass is 79.9. The Morgan fingerprint density at radius 2 is 2.28 bits per heavy atom. The summed E-state index contributed by atoms with van der Waals surface area (Å²) in [6, 6.07) is 2.04. The number of aromatic nitrogens is 3. The zero-order chi connectivity index (χ0) is 13.0. The first kappa shape index (κ1) is 13.5. The van der Waals surface area contributed by atoms with Crippen molar-refractivity contribution in [2.45, 2.75) is 19.9 Å². The molecule has 0 spiro atoms. The van der Waals surface area contributed by atoms with Crippen molar-refractivity contribution in [1.29, 1.82) is 0 Å². The van der Waals surface area contributed by atoms with Crippen LogP contribution in [0.2, 0.25) is 0 Å². The normalized spacial score (nSPS) is 11.3. The van der Waals surface area contributed by atoms with E-state index in [2.05, 4.69) is 35.8 Å². The Bertz CT molecular complexity index is 526. The van der Waals surface area contributed by atoms with Crippen molar-refractivity contribution < 1.29 is 5.11 Å². The minimum absolute atomic E-state index is 0.233. The smallest absolute Gasteiger partial charge is 0.177 e. The monoisotopic (exact) mass is 312 g/mol. The summed E-state index contributed by atoms with van der Waals surface area (Å²) >= 11 is 3.43. The predicted octanol–water partition coefficient (Wildman–Crippen LogP) is 1.47. The second kappa shape index (κ2) is 6.26. The van der Waals surface area contributed by atoms with Crippen LogP contribution in [0.5, 0.6) is 0 Å². The Balaban J connectivity index is 2.07. The number of nitrogens with zero attached hydrogens (tertiary/aromatic N) is 3. The van der Waals surface area contributed by atoms with E-state index in [9.17, 15) is 0 Å². The predicted molar refractivity (Wildman–Crippen MR) is 74.5 cm³/mol. The van der Waals surface area contributed by atoms with Gasteiger partial charge >= 0.3 is 0 Å². The van der Waals surface area contributed by atoms with Crippen molar-refractivity contribution in [2.75, 3.05) is 19.7 Å². The van der Waals surface area contributed by atoms with Gasteiger partial charge in [-0.25, -0.2) is 9.97 Å². The Morgan fingerprint density at radius 3 is 3.06 bits per heavy atom. The molecule has 18 heavy (non-hydrogen) atoms. The van der Waals surface area contributed by atoms with Gasteiger partial charge in [0.25, 0.3) is 0 Å². The minimum atomic E-state index is 0.233. The van der Waals surface area contributed by atoms with Gasteiger partial charge in [0.2, 0.25) is 0 Å². The molecule has 0 aliphatic rings. The average molecular weight is 313 g/mol. The van der Waals surface area contributed by atoms with E-state index in [0.29, 0.717) is 0 Å². The van der Waals surface area contributed by atoms with E-state index in [-0.39, 0.29) is 6.61 Å². The molecule has 0 bridgehead atoms. The third-order valence-corrected chi connectivity index (χ3v) is 3.22. The van der Waals surface area contributed by atoms with Crippen molar-refractivity contribution in [3.63, 3.8) is 0 Å². The number of aryl methyl sites for hydroxylation is 1. The largest absolute Gasteiger partial charge is 0.396 e. The summed E-state index contributed by atoms with van der Waals surface area (Å²) in [5.74, 6) is 0.972. The lowest BCUT2D eigenvalue weighted by atomic mass is 10.4. The second-order valence-corrected chi connectivity index (χ2v) is 5.05. The molecule has 0 aliphatic heterocycles. The van der Waals surface area contributed by atoms with Crippen LogP contribution in [-0.4, -0.2) is 39.3 Å². The molecule has 2 aromatic heterocycles. The summed E-state index contributed by atoms with van der Waals surface area (Å²) in [7, 11) is 0. The molecular weight excluding hydrogens is 296 g/mol. The van der Waals surface area contributed by atoms with Gasteiger partial charge in [-0.1, -0.05) is 0 Å². The van der Waals surface area contributed by atoms with Gasteiger partial charge in [0.1, 0.15) is 5.82 Å². The number of aliphatic hydroxyl groups excluding tert-OH is 1. The van der Waals surface area contributed by atoms with Crippen molar-refractivity contribution in [2.24, 2.45) is 0 Å². The van der Waals surface area contributed by atoms with Crippen LogP contribution in [0.1, 0.15) is 12.2 Å². The summed E-state index contributed by atoms with van der Waals surface area (Å²) < 4.78 is 3.11. The van der Waals surface area contributed by atoms with E-state index in [1.807, 2.05) is 13.0 Å². The van der Waals surface area contributed by atoms with E-state index in [1.165, 1.54) is 0 Å². The van der Waals surface area contributed by atoms with E-state index in [0.717, 1.165) is 47.5 Å². The van der Waals surface area contributed by atoms with Gasteiger partial charge in [0.05, 0.1) is 5.52 Å². The Morgan fingerprint density at radius 1 is 1.44 bits per heavy atom. The maximum absolute atomic E-state index is 8.70. The van der Waals surface area contributed by atoms with E-state index >= 15 is 0 Å². The number of imidazole rings is 1. The number of fused-ring (bicyclic) bond motifs is 1. The number of hydrogen-bond donors (Lipinski definition) is 2. The highest BCUT2D eigenvalue weighted by molar-refractivity contribution is 9.10. The molecule has 0 atom stereocenters. The third kappa shape index (κ3) is 3.07. The van der Waals surface area contributed by atoms with E-state index in [1.54, 1.807) is 6.20 Å². The summed E-state index contributed by atoms with van der Waals surface area (Å²) in [4.78, 5) is 8.72. The van der Waals surface area contributed by atoms with Gasteiger partial charge in [-0.2, -0.15) is 0 Å². The SMILES string of the molecule is Cc1nc2ncc(Br)cc2n1CCNCCCO. The molecule has 0 unspecified atom stereocenters. The van der Waals surface area contributed by atoms with Crippen LogP contribution in [0.15, 0.2) is 16.7 Å². The molecular formula is C12H17BrN4O. The number of pyridine rings is 1. The first-order valence-electron chi connectivity index (χ1n) is 6.02. The maximum atomic E-state index is 8.70. The van der Waals surface area contributed by atoms with Crippen LogP contribution in [0, 0.1) is 6.92 Å². The van der Waals surface area contributed by atoms with Crippen molar-refractivity contribution >= 4 is 27.1 Å². The molecule has 98 valence electrons. The summed E-state index contributed by atoms with van der Waals surface area (Å²) in [5, 5.41) is 12.0. The zero-order valence-electron chi connectivity index (χ0n) is 10.4. The first-order chi connectivity index (χ1) is 8.72. The van der Waals surface area contributed by atoms with Crippen molar-refractivity contribution in [3.8, 4) is 0 Å². The van der Waals surface area contributed by atoms with Crippen LogP contribution in [0.4, 0.5) is 0 Å². The molecule has 0 aromatic carbocycles. The van der Waals surface area contributed by atoms with E-state index < -0.39 is 0 Å². The molecule has 0 amide bonds. The van der Waals surface area contributed by atoms with Gasteiger partial charge in [-0.05, 0) is 41.9 Å². The quantitative estimate of drug-likeness (QED) is 0.793. The van der Waals surface area contributed by atoms with Gasteiger partial charge in [-0.15, -0.1) is 0 Å². The highest BCUT2D eigenvalue weighted by Crippen LogP contribution is 2.18. The van der Waals surface area contributed by atoms with Gasteiger partial charge in [0.15, 0.2) is 5.65 Å². The number of hydrogen-bond acceptors (Lipinski definition) is 4. The van der Waals surface area contributed by atoms with E-state index in [4.69, 9.17) is 5.11 Å². The van der Waals surface area contributed by atoms with Crippen molar-refractivity contribution in [1.82, 2.24) is 19.9 Å². The average Bonchev–Trinajstić information content (AvgIpc) is 2.65. The lowest BCUT2D eigenvalue weighted by molar-refractivity contribution is 0.286. The van der Waals surface area contributed by atoms with Gasteiger partial charge in [-0.3, -0.25) is 0 Å². The van der Waals surface area contributed by atoms with Gasteiger partial charge in [0, 0.05) is 30.4 Å². The fourth-order valence-electron chi connectivity index (χ4n) is 1.90. The first-order valence-corrected chi connectivity index (χ1v) is 6.81. The fraction of sp³-hybridized carbons (Fsp3) is 0.500. The zero-order valence-corrected chi connectivity index (χ0v) is 11.9. The van der Waals surface area contributed by atoms with Gasteiger partial charge < -0.3 is 15.0 Å². The lowest BCUT2D eigenvalue weighted by Gasteiger charge is -2.07. The maximum Gasteiger partial charge on any atom is 0.177 e. The molecule has 2 aromatic rings. The molecule has 6 heteroatoms. The summed E-state index contributed by atoms with van der Waals surface area (Å²) in [5.41, 5.74) is 1.83. The molecule has 0 saturated heterocycles. The molecule has 0 aliphatic carbocycles. The standard InChI is InChI=1S/C12H17BrN4O/c1-9-16-12-11(7-10(13)8-15-12)17(9)5-4-14-3-2-6-18/h7-8,14,18H,2-6H2,1H3. The Hall–Kier alpha value is -0.980. The molecule has 0 radical (unpaired) electrons. The topological polar surface area (TPSA) is 63.0 Å². The third-order valence-electron chi connectivity index (χ3n) is 2.79. The molecule has 5 nitrogen and oxygen atoms in total. The number of nitrogens with one attached hydrogen (secondary N) is 1. The van der Waals surface area contributed by atoms with Crippen LogP contribution < -0.4 is 5.32 Å². The van der Waals surface area contributed by atoms with Crippen LogP contribution >= 0.6 is 15.9 Å². The molecule has 2 heterocycles. The molecule has 0 fully saturated rings. The molecule has 2 rings (SSSR count). The number of rotatable bonds is 6. The lowest BCUT2D eigenvalue weighted by Crippen LogP contribution is -2.22.